The van der Waals surface area contributed by atoms with Crippen LogP contribution in [0.2, 0.25) is 0 Å². The highest BCUT2D eigenvalue weighted by Crippen LogP contribution is 2.33. The van der Waals surface area contributed by atoms with Crippen LogP contribution < -0.4 is 0 Å². The first-order valence-corrected chi connectivity index (χ1v) is 5.75. The fraction of sp³-hybridized carbons (Fsp3) is 0.286. The molecule has 1 nitrogen and oxygen atoms in total. The molecule has 1 saturated heterocycles. The molecule has 1 aromatic carbocycles. The van der Waals surface area contributed by atoms with Crippen molar-refractivity contribution < 1.29 is 4.39 Å². The van der Waals surface area contributed by atoms with E-state index in [4.69, 9.17) is 0 Å². The van der Waals surface area contributed by atoms with Gasteiger partial charge < -0.3 is 4.90 Å². The van der Waals surface area contributed by atoms with Crippen molar-refractivity contribution in [2.75, 3.05) is 13.1 Å². The second-order valence-corrected chi connectivity index (χ2v) is 4.32. The van der Waals surface area contributed by atoms with E-state index in [0.29, 0.717) is 0 Å². The molecule has 0 aliphatic carbocycles. The van der Waals surface area contributed by atoms with Gasteiger partial charge in [0.05, 0.1) is 0 Å². The van der Waals surface area contributed by atoms with Crippen LogP contribution in [0.1, 0.15) is 18.4 Å². The molecule has 2 aliphatic rings. The van der Waals surface area contributed by atoms with Gasteiger partial charge in [-0.3, -0.25) is 0 Å². The van der Waals surface area contributed by atoms with Crippen LogP contribution >= 0.6 is 0 Å². The van der Waals surface area contributed by atoms with Crippen LogP contribution in [0, 0.1) is 5.82 Å². The predicted octanol–water partition coefficient (Wildman–Crippen LogP) is 3.20. The highest BCUT2D eigenvalue weighted by Gasteiger charge is 2.21. The van der Waals surface area contributed by atoms with Gasteiger partial charge in [-0.1, -0.05) is 24.3 Å². The molecule has 0 aromatic heterocycles. The molecule has 0 spiro atoms. The van der Waals surface area contributed by atoms with Crippen LogP contribution in [0.3, 0.4) is 0 Å². The van der Waals surface area contributed by atoms with Gasteiger partial charge in [0.25, 0.3) is 0 Å². The molecule has 0 bridgehead atoms. The zero-order valence-electron chi connectivity index (χ0n) is 9.12. The quantitative estimate of drug-likeness (QED) is 0.695. The fourth-order valence-corrected chi connectivity index (χ4v) is 2.52. The first kappa shape index (κ1) is 9.64. The number of halogens is 1. The standard InChI is InChI=1S/C14H14FN/c15-12-7-5-11(6-8-12)13-3-1-9-16-10-2-4-14(13)16/h1,3,5-8H,2,4,9-10H2. The zero-order valence-corrected chi connectivity index (χ0v) is 9.12. The molecule has 1 aromatic rings. The molecule has 0 unspecified atom stereocenters. The normalized spacial score (nSPS) is 19.2. The number of benzene rings is 1. The second kappa shape index (κ2) is 3.78. The summed E-state index contributed by atoms with van der Waals surface area (Å²) in [6.07, 6.45) is 6.75. The molecule has 2 heterocycles. The van der Waals surface area contributed by atoms with Crippen LogP contribution in [0.25, 0.3) is 5.57 Å². The van der Waals surface area contributed by atoms with Crippen molar-refractivity contribution in [2.45, 2.75) is 12.8 Å². The number of rotatable bonds is 1. The number of hydrogen-bond donors (Lipinski definition) is 0. The highest BCUT2D eigenvalue weighted by molar-refractivity contribution is 5.77. The van der Waals surface area contributed by atoms with Crippen molar-refractivity contribution in [3.05, 3.63) is 53.5 Å². The summed E-state index contributed by atoms with van der Waals surface area (Å²) in [7, 11) is 0. The van der Waals surface area contributed by atoms with Crippen molar-refractivity contribution in [1.29, 1.82) is 0 Å². The molecule has 0 atom stereocenters. The Morgan fingerprint density at radius 2 is 1.94 bits per heavy atom. The zero-order chi connectivity index (χ0) is 11.0. The Hall–Kier alpha value is -1.57. The number of hydrogen-bond acceptors (Lipinski definition) is 1. The predicted molar refractivity (Wildman–Crippen MR) is 63.3 cm³/mol. The Morgan fingerprint density at radius 1 is 1.12 bits per heavy atom. The van der Waals surface area contributed by atoms with Gasteiger partial charge in [-0.15, -0.1) is 0 Å². The van der Waals surface area contributed by atoms with Crippen LogP contribution in [0.15, 0.2) is 42.1 Å². The van der Waals surface area contributed by atoms with Crippen molar-refractivity contribution >= 4 is 5.57 Å². The second-order valence-electron chi connectivity index (χ2n) is 4.32. The van der Waals surface area contributed by atoms with Crippen molar-refractivity contribution in [3.63, 3.8) is 0 Å². The number of fused-ring (bicyclic) bond motifs is 1. The Morgan fingerprint density at radius 3 is 2.75 bits per heavy atom. The van der Waals surface area contributed by atoms with Crippen LogP contribution in [-0.2, 0) is 0 Å². The van der Waals surface area contributed by atoms with Gasteiger partial charge in [-0.2, -0.15) is 0 Å². The lowest BCUT2D eigenvalue weighted by Crippen LogP contribution is -2.20. The first-order chi connectivity index (χ1) is 7.84. The minimum absolute atomic E-state index is 0.169. The molecule has 0 amide bonds. The van der Waals surface area contributed by atoms with E-state index in [-0.39, 0.29) is 5.82 Å². The van der Waals surface area contributed by atoms with Crippen molar-refractivity contribution in [1.82, 2.24) is 4.90 Å². The minimum atomic E-state index is -0.169. The average molecular weight is 215 g/mol. The molecule has 0 saturated carbocycles. The molecule has 3 rings (SSSR count). The number of allylic oxidation sites excluding steroid dienone is 3. The van der Waals surface area contributed by atoms with E-state index in [1.165, 1.54) is 29.8 Å². The van der Waals surface area contributed by atoms with Gasteiger partial charge in [0.15, 0.2) is 0 Å². The summed E-state index contributed by atoms with van der Waals surface area (Å²) < 4.78 is 12.9. The maximum absolute atomic E-state index is 12.9. The molecule has 2 heteroatoms. The Balaban J connectivity index is 2.05. The Kier molecular flexibility index (Phi) is 2.28. The summed E-state index contributed by atoms with van der Waals surface area (Å²) in [5, 5.41) is 0. The third kappa shape index (κ3) is 1.54. The van der Waals surface area contributed by atoms with Gasteiger partial charge in [0.1, 0.15) is 5.82 Å². The third-order valence-electron chi connectivity index (χ3n) is 3.30. The lowest BCUT2D eigenvalue weighted by atomic mass is 10.00. The largest absolute Gasteiger partial charge is 0.371 e. The fourth-order valence-electron chi connectivity index (χ4n) is 2.52. The van der Waals surface area contributed by atoms with Crippen LogP contribution in [-0.4, -0.2) is 18.0 Å². The summed E-state index contributed by atoms with van der Waals surface area (Å²) in [6, 6.07) is 6.79. The topological polar surface area (TPSA) is 3.24 Å². The molecule has 2 aliphatic heterocycles. The smallest absolute Gasteiger partial charge is 0.123 e. The molecule has 16 heavy (non-hydrogen) atoms. The Labute approximate surface area is 94.9 Å². The first-order valence-electron chi connectivity index (χ1n) is 5.75. The van der Waals surface area contributed by atoms with E-state index in [2.05, 4.69) is 17.1 Å². The summed E-state index contributed by atoms with van der Waals surface area (Å²) in [6.45, 7) is 2.18. The van der Waals surface area contributed by atoms with E-state index in [9.17, 15) is 4.39 Å². The van der Waals surface area contributed by atoms with Gasteiger partial charge >= 0.3 is 0 Å². The molecular weight excluding hydrogens is 201 g/mol. The van der Waals surface area contributed by atoms with Crippen LogP contribution in [0.5, 0.6) is 0 Å². The summed E-state index contributed by atoms with van der Waals surface area (Å²) in [5.41, 5.74) is 3.82. The average Bonchev–Trinajstić information content (AvgIpc) is 2.78. The third-order valence-corrected chi connectivity index (χ3v) is 3.30. The monoisotopic (exact) mass is 215 g/mol. The van der Waals surface area contributed by atoms with E-state index in [0.717, 1.165) is 25.1 Å². The summed E-state index contributed by atoms with van der Waals surface area (Å²) >= 11 is 0. The van der Waals surface area contributed by atoms with Gasteiger partial charge in [0, 0.05) is 24.4 Å². The highest BCUT2D eigenvalue weighted by atomic mass is 19.1. The van der Waals surface area contributed by atoms with E-state index in [1.807, 2.05) is 12.1 Å². The molecule has 82 valence electrons. The number of nitrogens with zero attached hydrogens (tertiary/aromatic N) is 1. The SMILES string of the molecule is Fc1ccc(C2=C3CCCN3CC=C2)cc1. The maximum Gasteiger partial charge on any atom is 0.123 e. The van der Waals surface area contributed by atoms with Gasteiger partial charge in [0.2, 0.25) is 0 Å². The maximum atomic E-state index is 12.9. The van der Waals surface area contributed by atoms with Gasteiger partial charge in [-0.25, -0.2) is 4.39 Å². The van der Waals surface area contributed by atoms with E-state index >= 15 is 0 Å². The molecular formula is C14H14FN. The summed E-state index contributed by atoms with van der Waals surface area (Å²) in [5.74, 6) is -0.169. The van der Waals surface area contributed by atoms with Crippen molar-refractivity contribution in [3.8, 4) is 0 Å². The Bertz CT molecular complexity index is 456. The van der Waals surface area contributed by atoms with Gasteiger partial charge in [-0.05, 0) is 30.5 Å². The molecule has 0 radical (unpaired) electrons. The minimum Gasteiger partial charge on any atom is -0.371 e. The van der Waals surface area contributed by atoms with Crippen molar-refractivity contribution in [2.24, 2.45) is 0 Å². The van der Waals surface area contributed by atoms with E-state index < -0.39 is 0 Å². The van der Waals surface area contributed by atoms with Crippen LogP contribution in [0.4, 0.5) is 4.39 Å². The molecule has 0 N–H and O–H groups in total. The molecule has 1 fully saturated rings. The lowest BCUT2D eigenvalue weighted by Gasteiger charge is -2.24. The summed E-state index contributed by atoms with van der Waals surface area (Å²) in [4.78, 5) is 2.42. The lowest BCUT2D eigenvalue weighted by molar-refractivity contribution is 0.434. The van der Waals surface area contributed by atoms with E-state index in [1.54, 1.807) is 0 Å².